The predicted molar refractivity (Wildman–Crippen MR) is 76.4 cm³/mol. The highest BCUT2D eigenvalue weighted by Crippen LogP contribution is 2.20. The Kier molecular flexibility index (Phi) is 5.12. The van der Waals surface area contributed by atoms with Gasteiger partial charge in [-0.05, 0) is 30.9 Å². The van der Waals surface area contributed by atoms with Crippen molar-refractivity contribution in [2.75, 3.05) is 6.54 Å². The third-order valence-electron chi connectivity index (χ3n) is 2.69. The molecule has 0 radical (unpaired) electrons. The number of nitrogens with one attached hydrogen (secondary N) is 1. The minimum Gasteiger partial charge on any atom is -0.392 e. The van der Waals surface area contributed by atoms with Gasteiger partial charge in [0.1, 0.15) is 0 Å². The van der Waals surface area contributed by atoms with Crippen molar-refractivity contribution >= 4 is 10.0 Å². The van der Waals surface area contributed by atoms with Crippen molar-refractivity contribution in [1.82, 2.24) is 4.72 Å². The summed E-state index contributed by atoms with van der Waals surface area (Å²) in [5.74, 6) is 0. The minimum atomic E-state index is -3.54. The first-order valence-corrected chi connectivity index (χ1v) is 7.83. The monoisotopic (exact) mass is 285 g/mol. The number of aryl methyl sites for hydroxylation is 1. The Hall–Kier alpha value is -0.910. The second kappa shape index (κ2) is 6.03. The first-order valence-electron chi connectivity index (χ1n) is 6.34. The van der Waals surface area contributed by atoms with Crippen molar-refractivity contribution in [3.63, 3.8) is 0 Å². The number of hydrogen-bond donors (Lipinski definition) is 2. The van der Waals surface area contributed by atoms with Crippen LogP contribution in [0.1, 0.15) is 32.8 Å². The van der Waals surface area contributed by atoms with Gasteiger partial charge in [0.25, 0.3) is 0 Å². The third-order valence-corrected chi connectivity index (χ3v) is 4.13. The van der Waals surface area contributed by atoms with E-state index in [0.717, 1.165) is 5.56 Å². The average Bonchev–Trinajstić information content (AvgIpc) is 2.25. The lowest BCUT2D eigenvalue weighted by Crippen LogP contribution is -2.34. The van der Waals surface area contributed by atoms with Gasteiger partial charge in [0.2, 0.25) is 10.0 Å². The molecule has 0 bridgehead atoms. The zero-order valence-electron chi connectivity index (χ0n) is 12.0. The molecule has 19 heavy (non-hydrogen) atoms. The normalized spacial score (nSPS) is 14.4. The van der Waals surface area contributed by atoms with Gasteiger partial charge in [-0.2, -0.15) is 0 Å². The van der Waals surface area contributed by atoms with Crippen molar-refractivity contribution in [2.45, 2.75) is 45.1 Å². The molecule has 0 amide bonds. The van der Waals surface area contributed by atoms with Crippen LogP contribution in [-0.2, 0) is 10.0 Å². The maximum atomic E-state index is 12.0. The lowest BCUT2D eigenvalue weighted by molar-refractivity contribution is 0.125. The molecule has 0 saturated carbocycles. The highest BCUT2D eigenvalue weighted by atomic mass is 32.2. The lowest BCUT2D eigenvalue weighted by atomic mass is 9.89. The molecule has 5 heteroatoms. The van der Waals surface area contributed by atoms with Crippen LogP contribution in [0, 0.1) is 12.3 Å². The molecule has 4 nitrogen and oxygen atoms in total. The molecule has 108 valence electrons. The third kappa shape index (κ3) is 5.72. The van der Waals surface area contributed by atoms with Crippen molar-refractivity contribution in [2.24, 2.45) is 5.41 Å². The fraction of sp³-hybridized carbons (Fsp3) is 0.571. The van der Waals surface area contributed by atoms with Gasteiger partial charge in [-0.3, -0.25) is 0 Å². The molecule has 2 N–H and O–H groups in total. The van der Waals surface area contributed by atoms with Gasteiger partial charge in [0.05, 0.1) is 11.0 Å². The number of aliphatic hydroxyl groups is 1. The second-order valence-corrected chi connectivity index (χ2v) is 7.85. The molecule has 0 spiro atoms. The van der Waals surface area contributed by atoms with E-state index < -0.39 is 16.1 Å². The zero-order chi connectivity index (χ0) is 14.7. The summed E-state index contributed by atoms with van der Waals surface area (Å²) >= 11 is 0. The van der Waals surface area contributed by atoms with E-state index in [4.69, 9.17) is 0 Å². The summed E-state index contributed by atoms with van der Waals surface area (Å²) in [6.07, 6.45) is -0.135. The molecule has 1 unspecified atom stereocenters. The van der Waals surface area contributed by atoms with E-state index in [-0.39, 0.29) is 16.9 Å². The van der Waals surface area contributed by atoms with Crippen molar-refractivity contribution in [3.05, 3.63) is 29.8 Å². The van der Waals surface area contributed by atoms with Crippen LogP contribution in [0.2, 0.25) is 0 Å². The number of benzene rings is 1. The Labute approximate surface area is 115 Å². The van der Waals surface area contributed by atoms with Crippen LogP contribution in [0.5, 0.6) is 0 Å². The summed E-state index contributed by atoms with van der Waals surface area (Å²) in [7, 11) is -3.54. The molecule has 0 heterocycles. The minimum absolute atomic E-state index is 0.0330. The van der Waals surface area contributed by atoms with Gasteiger partial charge in [0.15, 0.2) is 0 Å². The van der Waals surface area contributed by atoms with Crippen LogP contribution < -0.4 is 4.72 Å². The Balaban J connectivity index is 2.63. The highest BCUT2D eigenvalue weighted by Gasteiger charge is 2.19. The molecular formula is C14H23NO3S. The molecule has 1 atom stereocenters. The van der Waals surface area contributed by atoms with E-state index in [9.17, 15) is 13.5 Å². The average molecular weight is 285 g/mol. The molecule has 1 aromatic carbocycles. The van der Waals surface area contributed by atoms with E-state index in [2.05, 4.69) is 4.72 Å². The van der Waals surface area contributed by atoms with Crippen molar-refractivity contribution < 1.29 is 13.5 Å². The zero-order valence-corrected chi connectivity index (χ0v) is 12.8. The van der Waals surface area contributed by atoms with Crippen LogP contribution in [0.25, 0.3) is 0 Å². The van der Waals surface area contributed by atoms with Crippen LogP contribution in [0.15, 0.2) is 29.2 Å². The smallest absolute Gasteiger partial charge is 0.240 e. The molecule has 0 aliphatic carbocycles. The van der Waals surface area contributed by atoms with Crippen LogP contribution in [0.3, 0.4) is 0 Å². The molecule has 0 aliphatic rings. The molecule has 1 aromatic rings. The fourth-order valence-corrected chi connectivity index (χ4v) is 2.86. The van der Waals surface area contributed by atoms with E-state index >= 15 is 0 Å². The standard InChI is InChI=1S/C14H23NO3S/c1-11-5-7-13(8-6-11)19(17,18)15-10-12(16)9-14(2,3)4/h5-8,12,15-16H,9-10H2,1-4H3. The van der Waals surface area contributed by atoms with E-state index in [1.54, 1.807) is 24.3 Å². The van der Waals surface area contributed by atoms with Gasteiger partial charge in [-0.15, -0.1) is 0 Å². The van der Waals surface area contributed by atoms with E-state index in [1.807, 2.05) is 27.7 Å². The van der Waals surface area contributed by atoms with Crippen LogP contribution in [-0.4, -0.2) is 26.2 Å². The summed E-state index contributed by atoms with van der Waals surface area (Å²) in [5, 5.41) is 9.81. The largest absolute Gasteiger partial charge is 0.392 e. The maximum Gasteiger partial charge on any atom is 0.240 e. The van der Waals surface area contributed by atoms with Crippen LogP contribution >= 0.6 is 0 Å². The summed E-state index contributed by atoms with van der Waals surface area (Å²) < 4.78 is 26.4. The van der Waals surface area contributed by atoms with Crippen molar-refractivity contribution in [1.29, 1.82) is 0 Å². The van der Waals surface area contributed by atoms with E-state index in [1.165, 1.54) is 0 Å². The first-order chi connectivity index (χ1) is 8.60. The maximum absolute atomic E-state index is 12.0. The van der Waals surface area contributed by atoms with Crippen LogP contribution in [0.4, 0.5) is 0 Å². The molecule has 0 aromatic heterocycles. The SMILES string of the molecule is Cc1ccc(S(=O)(=O)NCC(O)CC(C)(C)C)cc1. The highest BCUT2D eigenvalue weighted by molar-refractivity contribution is 7.89. The number of aliphatic hydroxyl groups excluding tert-OH is 1. The van der Waals surface area contributed by atoms with E-state index in [0.29, 0.717) is 6.42 Å². The van der Waals surface area contributed by atoms with Gasteiger partial charge in [-0.25, -0.2) is 13.1 Å². The summed E-state index contributed by atoms with van der Waals surface area (Å²) in [6, 6.07) is 6.63. The first kappa shape index (κ1) is 16.1. The summed E-state index contributed by atoms with van der Waals surface area (Å²) in [5.41, 5.74) is 0.973. The molecule has 0 saturated heterocycles. The second-order valence-electron chi connectivity index (χ2n) is 6.08. The molecule has 0 fully saturated rings. The fourth-order valence-electron chi connectivity index (χ4n) is 1.79. The lowest BCUT2D eigenvalue weighted by Gasteiger charge is -2.22. The summed E-state index contributed by atoms with van der Waals surface area (Å²) in [4.78, 5) is 0.223. The number of sulfonamides is 1. The van der Waals surface area contributed by atoms with Crippen molar-refractivity contribution in [3.8, 4) is 0 Å². The number of hydrogen-bond acceptors (Lipinski definition) is 3. The summed E-state index contributed by atoms with van der Waals surface area (Å²) in [6.45, 7) is 7.95. The van der Waals surface area contributed by atoms with Gasteiger partial charge < -0.3 is 5.11 Å². The Morgan fingerprint density at radius 1 is 1.21 bits per heavy atom. The quantitative estimate of drug-likeness (QED) is 0.870. The number of rotatable bonds is 5. The predicted octanol–water partition coefficient (Wildman–Crippen LogP) is 2.07. The topological polar surface area (TPSA) is 66.4 Å². The molecule has 0 aliphatic heterocycles. The Bertz CT molecular complexity index is 500. The van der Waals surface area contributed by atoms with Gasteiger partial charge in [0, 0.05) is 6.54 Å². The van der Waals surface area contributed by atoms with Gasteiger partial charge in [-0.1, -0.05) is 38.5 Å². The Morgan fingerprint density at radius 2 is 1.74 bits per heavy atom. The molecular weight excluding hydrogens is 262 g/mol. The van der Waals surface area contributed by atoms with Gasteiger partial charge >= 0.3 is 0 Å². The Morgan fingerprint density at radius 3 is 2.21 bits per heavy atom. The molecule has 1 rings (SSSR count).